The highest BCUT2D eigenvalue weighted by atomic mass is 15.2. The summed E-state index contributed by atoms with van der Waals surface area (Å²) in [6, 6.07) is 0. The standard InChI is InChI=1S/C10H17N5/c11-8-9(12)13-7-14-10(8)15-5-3-1-2-4-6-15/h7H,1-6,11H2,(H2,12,13,14). The molecule has 5 nitrogen and oxygen atoms in total. The molecule has 0 saturated carbocycles. The zero-order valence-corrected chi connectivity index (χ0v) is 8.82. The second kappa shape index (κ2) is 4.33. The van der Waals surface area contributed by atoms with Crippen LogP contribution >= 0.6 is 0 Å². The Labute approximate surface area is 89.5 Å². The number of hydrogen-bond acceptors (Lipinski definition) is 5. The Morgan fingerprint density at radius 1 is 1.00 bits per heavy atom. The summed E-state index contributed by atoms with van der Waals surface area (Å²) in [6.07, 6.45) is 6.45. The largest absolute Gasteiger partial charge is 0.393 e. The van der Waals surface area contributed by atoms with E-state index in [2.05, 4.69) is 14.9 Å². The number of anilines is 3. The van der Waals surface area contributed by atoms with Gasteiger partial charge >= 0.3 is 0 Å². The Morgan fingerprint density at radius 3 is 2.33 bits per heavy atom. The Kier molecular flexibility index (Phi) is 2.89. The van der Waals surface area contributed by atoms with Gasteiger partial charge in [0.15, 0.2) is 11.6 Å². The van der Waals surface area contributed by atoms with E-state index in [1.54, 1.807) is 0 Å². The molecular formula is C10H17N5. The van der Waals surface area contributed by atoms with E-state index >= 15 is 0 Å². The van der Waals surface area contributed by atoms with Crippen LogP contribution in [0.4, 0.5) is 17.3 Å². The van der Waals surface area contributed by atoms with Crippen LogP contribution in [0.25, 0.3) is 0 Å². The Hall–Kier alpha value is -1.52. The predicted molar refractivity (Wildman–Crippen MR) is 61.5 cm³/mol. The molecule has 5 heteroatoms. The molecule has 0 radical (unpaired) electrons. The number of rotatable bonds is 1. The van der Waals surface area contributed by atoms with Crippen molar-refractivity contribution in [3.63, 3.8) is 0 Å². The molecule has 4 N–H and O–H groups in total. The minimum Gasteiger partial charge on any atom is -0.393 e. The second-order valence-corrected chi connectivity index (χ2v) is 3.90. The van der Waals surface area contributed by atoms with Crippen molar-refractivity contribution in [2.75, 3.05) is 29.5 Å². The van der Waals surface area contributed by atoms with Gasteiger partial charge in [-0.1, -0.05) is 12.8 Å². The zero-order valence-electron chi connectivity index (χ0n) is 8.82. The van der Waals surface area contributed by atoms with Crippen LogP contribution in [0.15, 0.2) is 6.33 Å². The lowest BCUT2D eigenvalue weighted by molar-refractivity contribution is 0.726. The average Bonchev–Trinajstić information content (AvgIpc) is 2.50. The molecule has 0 unspecified atom stereocenters. The van der Waals surface area contributed by atoms with Crippen LogP contribution in [0, 0.1) is 0 Å². The molecule has 0 spiro atoms. The molecule has 0 aliphatic carbocycles. The highest BCUT2D eigenvalue weighted by molar-refractivity contribution is 5.73. The molecule has 0 aromatic carbocycles. The number of nitrogens with two attached hydrogens (primary N) is 2. The fraction of sp³-hybridized carbons (Fsp3) is 0.600. The third-order valence-electron chi connectivity index (χ3n) is 2.80. The molecule has 2 heterocycles. The smallest absolute Gasteiger partial charge is 0.157 e. The van der Waals surface area contributed by atoms with Gasteiger partial charge in [0.2, 0.25) is 0 Å². The summed E-state index contributed by atoms with van der Waals surface area (Å²) in [5, 5.41) is 0. The lowest BCUT2D eigenvalue weighted by atomic mass is 10.2. The van der Waals surface area contributed by atoms with Crippen LogP contribution in [0.2, 0.25) is 0 Å². The highest BCUT2D eigenvalue weighted by Crippen LogP contribution is 2.25. The minimum absolute atomic E-state index is 0.379. The van der Waals surface area contributed by atoms with Crippen LogP contribution in [-0.4, -0.2) is 23.1 Å². The maximum absolute atomic E-state index is 5.87. The molecule has 1 saturated heterocycles. The third kappa shape index (κ3) is 2.11. The van der Waals surface area contributed by atoms with Gasteiger partial charge < -0.3 is 16.4 Å². The molecule has 2 rings (SSSR count). The summed E-state index contributed by atoms with van der Waals surface area (Å²) in [4.78, 5) is 10.3. The van der Waals surface area contributed by atoms with Crippen molar-refractivity contribution in [2.45, 2.75) is 25.7 Å². The molecular weight excluding hydrogens is 190 g/mol. The van der Waals surface area contributed by atoms with Gasteiger partial charge in [0.25, 0.3) is 0 Å². The second-order valence-electron chi connectivity index (χ2n) is 3.90. The zero-order chi connectivity index (χ0) is 10.7. The molecule has 1 aliphatic heterocycles. The van der Waals surface area contributed by atoms with Gasteiger partial charge in [-0.25, -0.2) is 9.97 Å². The Morgan fingerprint density at radius 2 is 1.67 bits per heavy atom. The van der Waals surface area contributed by atoms with E-state index in [1.165, 1.54) is 32.0 Å². The van der Waals surface area contributed by atoms with Crippen molar-refractivity contribution in [3.05, 3.63) is 6.33 Å². The fourth-order valence-corrected chi connectivity index (χ4v) is 1.93. The maximum atomic E-state index is 5.87. The van der Waals surface area contributed by atoms with Crippen molar-refractivity contribution in [1.82, 2.24) is 9.97 Å². The highest BCUT2D eigenvalue weighted by Gasteiger charge is 2.15. The third-order valence-corrected chi connectivity index (χ3v) is 2.80. The van der Waals surface area contributed by atoms with Crippen molar-refractivity contribution in [3.8, 4) is 0 Å². The van der Waals surface area contributed by atoms with E-state index in [0.29, 0.717) is 11.5 Å². The Balaban J connectivity index is 2.23. The Bertz CT molecular complexity index is 331. The summed E-state index contributed by atoms with van der Waals surface area (Å²) in [6.45, 7) is 2.03. The van der Waals surface area contributed by atoms with Gasteiger partial charge in [0.05, 0.1) is 0 Å². The quantitative estimate of drug-likeness (QED) is 0.718. The fourth-order valence-electron chi connectivity index (χ4n) is 1.93. The van der Waals surface area contributed by atoms with Crippen molar-refractivity contribution < 1.29 is 0 Å². The van der Waals surface area contributed by atoms with Crippen LogP contribution in [0.5, 0.6) is 0 Å². The van der Waals surface area contributed by atoms with E-state index < -0.39 is 0 Å². The minimum atomic E-state index is 0.379. The van der Waals surface area contributed by atoms with Gasteiger partial charge in [-0.05, 0) is 12.8 Å². The van der Waals surface area contributed by atoms with Gasteiger partial charge in [0.1, 0.15) is 12.0 Å². The van der Waals surface area contributed by atoms with E-state index in [9.17, 15) is 0 Å². The summed E-state index contributed by atoms with van der Waals surface area (Å²) >= 11 is 0. The molecule has 1 fully saturated rings. The lowest BCUT2D eigenvalue weighted by Gasteiger charge is -2.22. The summed E-state index contributed by atoms with van der Waals surface area (Å²) in [7, 11) is 0. The van der Waals surface area contributed by atoms with Crippen LogP contribution in [0.1, 0.15) is 25.7 Å². The SMILES string of the molecule is Nc1ncnc(N2CCCCCC2)c1N. The topological polar surface area (TPSA) is 81.1 Å². The van der Waals surface area contributed by atoms with E-state index in [1.807, 2.05) is 0 Å². The summed E-state index contributed by atoms with van der Waals surface area (Å²) < 4.78 is 0. The molecule has 0 bridgehead atoms. The molecule has 1 aromatic rings. The summed E-state index contributed by atoms with van der Waals surface area (Å²) in [5.41, 5.74) is 12.0. The van der Waals surface area contributed by atoms with Gasteiger partial charge in [-0.15, -0.1) is 0 Å². The first-order chi connectivity index (χ1) is 7.29. The molecule has 82 valence electrons. The number of hydrogen-bond donors (Lipinski definition) is 2. The van der Waals surface area contributed by atoms with E-state index in [4.69, 9.17) is 11.5 Å². The molecule has 0 amide bonds. The van der Waals surface area contributed by atoms with Crippen LogP contribution < -0.4 is 16.4 Å². The first-order valence-electron chi connectivity index (χ1n) is 5.40. The molecule has 1 aliphatic rings. The van der Waals surface area contributed by atoms with E-state index in [0.717, 1.165) is 18.9 Å². The molecule has 1 aromatic heterocycles. The lowest BCUT2D eigenvalue weighted by Crippen LogP contribution is -2.26. The van der Waals surface area contributed by atoms with Crippen molar-refractivity contribution in [2.24, 2.45) is 0 Å². The van der Waals surface area contributed by atoms with Crippen LogP contribution in [0.3, 0.4) is 0 Å². The molecule has 15 heavy (non-hydrogen) atoms. The van der Waals surface area contributed by atoms with Crippen molar-refractivity contribution in [1.29, 1.82) is 0 Å². The first-order valence-corrected chi connectivity index (χ1v) is 5.40. The monoisotopic (exact) mass is 207 g/mol. The van der Waals surface area contributed by atoms with Crippen molar-refractivity contribution >= 4 is 17.3 Å². The van der Waals surface area contributed by atoms with Crippen LogP contribution in [-0.2, 0) is 0 Å². The van der Waals surface area contributed by atoms with Gasteiger partial charge in [-0.2, -0.15) is 0 Å². The molecule has 0 atom stereocenters. The van der Waals surface area contributed by atoms with Gasteiger partial charge in [0, 0.05) is 13.1 Å². The maximum Gasteiger partial charge on any atom is 0.157 e. The number of nitrogens with zero attached hydrogens (tertiary/aromatic N) is 3. The predicted octanol–water partition coefficient (Wildman–Crippen LogP) is 1.02. The summed E-state index contributed by atoms with van der Waals surface area (Å²) in [5.74, 6) is 1.17. The van der Waals surface area contributed by atoms with Gasteiger partial charge in [-0.3, -0.25) is 0 Å². The average molecular weight is 207 g/mol. The number of nitrogen functional groups attached to an aromatic ring is 2. The first kappa shape index (κ1) is 10.0. The van der Waals surface area contributed by atoms with E-state index in [-0.39, 0.29) is 0 Å². The number of aromatic nitrogens is 2. The normalized spacial score (nSPS) is 17.5.